The Morgan fingerprint density at radius 1 is 0.897 bits per heavy atom. The minimum absolute atomic E-state index is 0.0811. The van der Waals surface area contributed by atoms with Crippen LogP contribution < -0.4 is 4.90 Å². The SMILES string of the molecule is COC(=O)C(C)(C)c1ncc(Br)cc1[N+](=O)[O-].COC(=O)C(C)(C)c1ncc(N2CCOCC2)cc1[N+](=O)[O-]. The molecule has 0 aromatic carbocycles. The van der Waals surface area contributed by atoms with Gasteiger partial charge in [-0.3, -0.25) is 39.8 Å². The van der Waals surface area contributed by atoms with Gasteiger partial charge in [0.15, 0.2) is 0 Å². The zero-order valence-corrected chi connectivity index (χ0v) is 24.0. The zero-order valence-electron chi connectivity index (χ0n) is 22.4. The Bertz CT molecular complexity index is 1250. The van der Waals surface area contributed by atoms with Crippen molar-refractivity contribution in [2.45, 2.75) is 38.5 Å². The largest absolute Gasteiger partial charge is 0.468 e. The van der Waals surface area contributed by atoms with E-state index in [9.17, 15) is 29.8 Å². The van der Waals surface area contributed by atoms with E-state index in [1.165, 1.54) is 46.4 Å². The maximum atomic E-state index is 11.9. The molecule has 0 atom stereocenters. The molecule has 1 aliphatic rings. The van der Waals surface area contributed by atoms with Gasteiger partial charge in [-0.05, 0) is 43.6 Å². The van der Waals surface area contributed by atoms with Crippen molar-refractivity contribution < 1.29 is 33.6 Å². The first-order valence-corrected chi connectivity index (χ1v) is 12.4. The van der Waals surface area contributed by atoms with Gasteiger partial charge in [-0.2, -0.15) is 0 Å². The third-order valence-corrected chi connectivity index (χ3v) is 6.47. The minimum Gasteiger partial charge on any atom is -0.468 e. The summed E-state index contributed by atoms with van der Waals surface area (Å²) in [6, 6.07) is 2.77. The number of morpholine rings is 1. The van der Waals surface area contributed by atoms with Gasteiger partial charge in [-0.25, -0.2) is 0 Å². The van der Waals surface area contributed by atoms with Crippen molar-refractivity contribution in [1.29, 1.82) is 0 Å². The van der Waals surface area contributed by atoms with Gasteiger partial charge >= 0.3 is 11.9 Å². The summed E-state index contributed by atoms with van der Waals surface area (Å²) < 4.78 is 15.1. The molecular formula is C24H30BrN5O9. The van der Waals surface area contributed by atoms with E-state index in [4.69, 9.17) is 9.47 Å². The van der Waals surface area contributed by atoms with Crippen molar-refractivity contribution in [1.82, 2.24) is 9.97 Å². The van der Waals surface area contributed by atoms with E-state index in [1.54, 1.807) is 20.0 Å². The normalized spacial score (nSPS) is 13.6. The van der Waals surface area contributed by atoms with Crippen LogP contribution in [0.2, 0.25) is 0 Å². The molecule has 2 aromatic rings. The molecule has 0 N–H and O–H groups in total. The van der Waals surface area contributed by atoms with E-state index in [0.717, 1.165) is 0 Å². The Balaban J connectivity index is 0.000000283. The summed E-state index contributed by atoms with van der Waals surface area (Å²) in [6.07, 6.45) is 2.96. The Morgan fingerprint density at radius 3 is 1.77 bits per heavy atom. The molecule has 1 fully saturated rings. The number of rotatable bonds is 7. The molecular weight excluding hydrogens is 582 g/mol. The first kappa shape index (κ1) is 31.5. The van der Waals surface area contributed by atoms with E-state index < -0.39 is 32.6 Å². The van der Waals surface area contributed by atoms with Crippen LogP contribution in [0.4, 0.5) is 17.1 Å². The minimum atomic E-state index is -1.19. The second-order valence-corrected chi connectivity index (χ2v) is 10.3. The lowest BCUT2D eigenvalue weighted by Crippen LogP contribution is -2.37. The van der Waals surface area contributed by atoms with E-state index in [-0.39, 0.29) is 22.8 Å². The maximum absolute atomic E-state index is 11.9. The molecule has 2 aromatic heterocycles. The number of nitrogens with zero attached hydrogens (tertiary/aromatic N) is 5. The third kappa shape index (κ3) is 7.23. The highest BCUT2D eigenvalue weighted by molar-refractivity contribution is 9.10. The van der Waals surface area contributed by atoms with E-state index in [1.807, 2.05) is 4.90 Å². The zero-order chi connectivity index (χ0) is 29.5. The number of aromatic nitrogens is 2. The Labute approximate surface area is 233 Å². The maximum Gasteiger partial charge on any atom is 0.317 e. The number of ether oxygens (including phenoxy) is 3. The van der Waals surface area contributed by atoms with Gasteiger partial charge in [0, 0.05) is 35.9 Å². The van der Waals surface area contributed by atoms with Crippen molar-refractivity contribution >= 4 is 44.9 Å². The number of esters is 2. The Kier molecular flexibility index (Phi) is 10.4. The smallest absolute Gasteiger partial charge is 0.317 e. The molecule has 0 saturated carbocycles. The van der Waals surface area contributed by atoms with Crippen LogP contribution in [0.3, 0.4) is 0 Å². The number of halogens is 1. The summed E-state index contributed by atoms with van der Waals surface area (Å²) in [4.78, 5) is 54.8. The van der Waals surface area contributed by atoms with E-state index in [0.29, 0.717) is 36.5 Å². The molecule has 0 amide bonds. The predicted octanol–water partition coefficient (Wildman–Crippen LogP) is 3.48. The fraction of sp³-hybridized carbons (Fsp3) is 0.500. The van der Waals surface area contributed by atoms with Gasteiger partial charge in [0.1, 0.15) is 22.2 Å². The summed E-state index contributed by atoms with van der Waals surface area (Å²) in [5, 5.41) is 22.3. The Hall–Kier alpha value is -3.72. The molecule has 1 aliphatic heterocycles. The predicted molar refractivity (Wildman–Crippen MR) is 143 cm³/mol. The van der Waals surface area contributed by atoms with Gasteiger partial charge in [0.05, 0.1) is 49.2 Å². The van der Waals surface area contributed by atoms with Gasteiger partial charge in [-0.1, -0.05) is 0 Å². The summed E-state index contributed by atoms with van der Waals surface area (Å²) >= 11 is 3.10. The number of hydrogen-bond acceptors (Lipinski definition) is 12. The van der Waals surface area contributed by atoms with Gasteiger partial charge in [-0.15, -0.1) is 0 Å². The molecule has 1 saturated heterocycles. The number of hydrogen-bond donors (Lipinski definition) is 0. The van der Waals surface area contributed by atoms with Crippen molar-refractivity contribution in [2.75, 3.05) is 45.4 Å². The van der Waals surface area contributed by atoms with Crippen LogP contribution in [-0.4, -0.2) is 72.3 Å². The topological polar surface area (TPSA) is 177 Å². The van der Waals surface area contributed by atoms with Crippen LogP contribution in [0.1, 0.15) is 39.1 Å². The number of pyridine rings is 2. The van der Waals surface area contributed by atoms with Crippen molar-refractivity contribution in [2.24, 2.45) is 0 Å². The Morgan fingerprint density at radius 2 is 1.33 bits per heavy atom. The fourth-order valence-corrected chi connectivity index (χ4v) is 4.13. The molecule has 0 spiro atoms. The molecule has 0 unspecified atom stereocenters. The summed E-state index contributed by atoms with van der Waals surface area (Å²) in [5.41, 5.74) is -1.93. The van der Waals surface area contributed by atoms with Crippen molar-refractivity contribution in [3.05, 3.63) is 60.6 Å². The molecule has 3 heterocycles. The standard InChI is InChI=1S/C14H19N3O5.C10H11BrN2O4/c1-14(2,13(18)21-3)12-11(17(19)20)8-10(9-15-12)16-4-6-22-7-5-16;1-10(2,9(14)17-3)8-7(13(15)16)4-6(11)5-12-8/h8-9H,4-7H2,1-3H3;4-5H,1-3H3. The summed E-state index contributed by atoms with van der Waals surface area (Å²) in [5.74, 6) is -1.14. The molecule has 0 bridgehead atoms. The highest BCUT2D eigenvalue weighted by Gasteiger charge is 2.40. The van der Waals surface area contributed by atoms with Crippen molar-refractivity contribution in [3.63, 3.8) is 0 Å². The summed E-state index contributed by atoms with van der Waals surface area (Å²) in [7, 11) is 2.48. The van der Waals surface area contributed by atoms with Crippen LogP contribution in [0.25, 0.3) is 0 Å². The van der Waals surface area contributed by atoms with Gasteiger partial charge < -0.3 is 19.1 Å². The van der Waals surface area contributed by atoms with Gasteiger partial charge in [0.2, 0.25) is 0 Å². The third-order valence-electron chi connectivity index (χ3n) is 6.03. The quantitative estimate of drug-likeness (QED) is 0.253. The number of anilines is 1. The second kappa shape index (κ2) is 12.9. The molecule has 15 heteroatoms. The average molecular weight is 612 g/mol. The molecule has 14 nitrogen and oxygen atoms in total. The highest BCUT2D eigenvalue weighted by Crippen LogP contribution is 2.34. The lowest BCUT2D eigenvalue weighted by Gasteiger charge is -2.29. The lowest BCUT2D eigenvalue weighted by molar-refractivity contribution is -0.386. The van der Waals surface area contributed by atoms with Crippen LogP contribution in [0.15, 0.2) is 29.0 Å². The molecule has 0 aliphatic carbocycles. The molecule has 39 heavy (non-hydrogen) atoms. The molecule has 3 rings (SSSR count). The van der Waals surface area contributed by atoms with E-state index in [2.05, 4.69) is 30.6 Å². The van der Waals surface area contributed by atoms with Crippen molar-refractivity contribution in [3.8, 4) is 0 Å². The van der Waals surface area contributed by atoms with Crippen LogP contribution in [0, 0.1) is 20.2 Å². The van der Waals surface area contributed by atoms with E-state index >= 15 is 0 Å². The highest BCUT2D eigenvalue weighted by atomic mass is 79.9. The molecule has 212 valence electrons. The number of methoxy groups -OCH3 is 2. The van der Waals surface area contributed by atoms with Crippen LogP contribution in [-0.2, 0) is 34.6 Å². The van der Waals surface area contributed by atoms with Crippen LogP contribution in [0.5, 0.6) is 0 Å². The van der Waals surface area contributed by atoms with Crippen LogP contribution >= 0.6 is 15.9 Å². The number of carbonyl (C=O) groups excluding carboxylic acids is 2. The lowest BCUT2D eigenvalue weighted by atomic mass is 9.87. The number of carbonyl (C=O) groups is 2. The summed E-state index contributed by atoms with van der Waals surface area (Å²) in [6.45, 7) is 8.62. The second-order valence-electron chi connectivity index (χ2n) is 9.43. The number of nitro groups is 2. The first-order chi connectivity index (χ1) is 18.2. The first-order valence-electron chi connectivity index (χ1n) is 11.6. The molecule has 0 radical (unpaired) electrons. The average Bonchev–Trinajstić information content (AvgIpc) is 2.92. The fourth-order valence-electron chi connectivity index (χ4n) is 3.81. The van der Waals surface area contributed by atoms with Gasteiger partial charge in [0.25, 0.3) is 11.4 Å². The monoisotopic (exact) mass is 611 g/mol.